The molecule has 0 radical (unpaired) electrons. The molecule has 0 fully saturated rings. The summed E-state index contributed by atoms with van der Waals surface area (Å²) in [5.74, 6) is -2.92. The number of carbonyl (C=O) groups is 2. The molecule has 0 aliphatic rings. The summed E-state index contributed by atoms with van der Waals surface area (Å²) in [5, 5.41) is 3.43. The van der Waals surface area contributed by atoms with E-state index in [-0.39, 0.29) is 49.9 Å². The molecule has 220 valence electrons. The summed E-state index contributed by atoms with van der Waals surface area (Å²) >= 11 is 6.05. The minimum atomic E-state index is -3.86. The minimum absolute atomic E-state index is 0.0437. The van der Waals surface area contributed by atoms with Crippen LogP contribution in [0.1, 0.15) is 37.3 Å². The smallest absolute Gasteiger partial charge is 0.243 e. The van der Waals surface area contributed by atoms with Gasteiger partial charge in [-0.05, 0) is 48.2 Å². The highest BCUT2D eigenvalue weighted by Crippen LogP contribution is 2.22. The van der Waals surface area contributed by atoms with Crippen LogP contribution in [0.5, 0.6) is 0 Å². The third-order valence-corrected chi connectivity index (χ3v) is 7.88. The second kappa shape index (κ2) is 14.9. The zero-order chi connectivity index (χ0) is 30.0. The lowest BCUT2D eigenvalue weighted by Crippen LogP contribution is -2.50. The Balaban J connectivity index is 1.87. The Kier molecular flexibility index (Phi) is 11.7. The molecule has 3 aromatic carbocycles. The molecule has 0 aliphatic heterocycles. The largest absolute Gasteiger partial charge is 0.354 e. The second-order valence-electron chi connectivity index (χ2n) is 9.68. The van der Waals surface area contributed by atoms with Gasteiger partial charge in [0.25, 0.3) is 0 Å². The van der Waals surface area contributed by atoms with Crippen LogP contribution in [0.3, 0.4) is 0 Å². The lowest BCUT2D eigenvalue weighted by molar-refractivity contribution is -0.141. The number of amides is 2. The number of benzene rings is 3. The summed E-state index contributed by atoms with van der Waals surface area (Å²) in [6.45, 7) is 2.37. The van der Waals surface area contributed by atoms with Gasteiger partial charge in [-0.2, -0.15) is 0 Å². The number of carbonyl (C=O) groups excluding carboxylic acids is 2. The molecule has 3 aromatic rings. The van der Waals surface area contributed by atoms with E-state index in [0.29, 0.717) is 11.6 Å². The Hall–Kier alpha value is -3.50. The summed E-state index contributed by atoms with van der Waals surface area (Å²) < 4.78 is 53.1. The van der Waals surface area contributed by atoms with Crippen LogP contribution >= 0.6 is 11.6 Å². The summed E-state index contributed by atoms with van der Waals surface area (Å²) in [6.07, 6.45) is 1.95. The number of rotatable bonds is 14. The van der Waals surface area contributed by atoms with Crippen molar-refractivity contribution >= 4 is 39.1 Å². The Bertz CT molecular complexity index is 1420. The van der Waals surface area contributed by atoms with Crippen molar-refractivity contribution in [3.63, 3.8) is 0 Å². The first-order chi connectivity index (χ1) is 19.5. The fourth-order valence-corrected chi connectivity index (χ4v) is 5.43. The molecular weight excluding hydrogens is 572 g/mol. The highest BCUT2D eigenvalue weighted by molar-refractivity contribution is 7.92. The number of halogens is 3. The van der Waals surface area contributed by atoms with E-state index >= 15 is 0 Å². The van der Waals surface area contributed by atoms with Crippen molar-refractivity contribution in [3.05, 3.63) is 101 Å². The molecule has 0 aromatic heterocycles. The molecule has 1 unspecified atom stereocenters. The zero-order valence-electron chi connectivity index (χ0n) is 23.0. The van der Waals surface area contributed by atoms with Gasteiger partial charge < -0.3 is 10.2 Å². The van der Waals surface area contributed by atoms with Crippen LogP contribution in [0, 0.1) is 11.6 Å². The predicted molar refractivity (Wildman–Crippen MR) is 157 cm³/mol. The van der Waals surface area contributed by atoms with E-state index in [1.165, 1.54) is 11.0 Å². The molecule has 1 N–H and O–H groups in total. The fraction of sp³-hybridized carbons (Fsp3) is 0.333. The van der Waals surface area contributed by atoms with Gasteiger partial charge in [0.05, 0.1) is 11.9 Å². The first-order valence-corrected chi connectivity index (χ1v) is 15.5. The standard InChI is InChI=1S/C30H34ClF2N3O4S/c1-3-17-34-30(38)28(19-22-8-5-4-6-9-22)35(21-23-11-13-24(31)14-12-23)29(37)10-7-18-36(41(2,39)40)25-15-16-26(32)27(33)20-25/h4-6,8-9,11-16,20,28H,3,7,10,17-19,21H2,1-2H3,(H,34,38). The first-order valence-electron chi connectivity index (χ1n) is 13.3. The van der Waals surface area contributed by atoms with Gasteiger partial charge in [0, 0.05) is 43.6 Å². The molecule has 0 saturated heterocycles. The summed E-state index contributed by atoms with van der Waals surface area (Å²) in [6, 6.07) is 18.3. The van der Waals surface area contributed by atoms with Crippen LogP contribution in [-0.4, -0.2) is 50.5 Å². The summed E-state index contributed by atoms with van der Waals surface area (Å²) in [7, 11) is -3.86. The first kappa shape index (κ1) is 32.0. The Morgan fingerprint density at radius 1 is 0.951 bits per heavy atom. The number of hydrogen-bond donors (Lipinski definition) is 1. The molecule has 41 heavy (non-hydrogen) atoms. The molecule has 7 nitrogen and oxygen atoms in total. The lowest BCUT2D eigenvalue weighted by atomic mass is 10.0. The van der Waals surface area contributed by atoms with E-state index in [2.05, 4.69) is 5.32 Å². The normalized spacial score (nSPS) is 12.0. The monoisotopic (exact) mass is 605 g/mol. The third-order valence-electron chi connectivity index (χ3n) is 6.43. The fourth-order valence-electron chi connectivity index (χ4n) is 4.35. The van der Waals surface area contributed by atoms with Crippen molar-refractivity contribution in [1.29, 1.82) is 0 Å². The van der Waals surface area contributed by atoms with Crippen LogP contribution in [-0.2, 0) is 32.6 Å². The molecular formula is C30H34ClF2N3O4S. The molecule has 0 bridgehead atoms. The van der Waals surface area contributed by atoms with Crippen molar-refractivity contribution < 1.29 is 26.8 Å². The van der Waals surface area contributed by atoms with Crippen molar-refractivity contribution in [1.82, 2.24) is 10.2 Å². The van der Waals surface area contributed by atoms with E-state index < -0.39 is 27.7 Å². The quantitative estimate of drug-likeness (QED) is 0.269. The van der Waals surface area contributed by atoms with Crippen LogP contribution in [0.4, 0.5) is 14.5 Å². The molecule has 11 heteroatoms. The third kappa shape index (κ3) is 9.54. The number of hydrogen-bond acceptors (Lipinski definition) is 4. The number of nitrogens with zero attached hydrogens (tertiary/aromatic N) is 2. The molecule has 1 atom stereocenters. The maximum atomic E-state index is 13.8. The van der Waals surface area contributed by atoms with E-state index in [4.69, 9.17) is 11.6 Å². The van der Waals surface area contributed by atoms with Gasteiger partial charge in [0.2, 0.25) is 21.8 Å². The van der Waals surface area contributed by atoms with Crippen molar-refractivity contribution in [2.24, 2.45) is 0 Å². The van der Waals surface area contributed by atoms with Crippen molar-refractivity contribution in [3.8, 4) is 0 Å². The predicted octanol–water partition coefficient (Wildman–Crippen LogP) is 5.33. The maximum absolute atomic E-state index is 13.8. The zero-order valence-corrected chi connectivity index (χ0v) is 24.6. The second-order valence-corrected chi connectivity index (χ2v) is 12.0. The van der Waals surface area contributed by atoms with Gasteiger partial charge in [-0.3, -0.25) is 13.9 Å². The molecule has 3 rings (SSSR count). The van der Waals surface area contributed by atoms with Crippen LogP contribution in [0.25, 0.3) is 0 Å². The molecule has 0 aliphatic carbocycles. The molecule has 0 spiro atoms. The van der Waals surface area contributed by atoms with Gasteiger partial charge in [-0.1, -0.05) is 61.0 Å². The Morgan fingerprint density at radius 2 is 1.63 bits per heavy atom. The van der Waals surface area contributed by atoms with E-state index in [9.17, 15) is 26.8 Å². The van der Waals surface area contributed by atoms with Crippen molar-refractivity contribution in [2.75, 3.05) is 23.7 Å². The lowest BCUT2D eigenvalue weighted by Gasteiger charge is -2.32. The summed E-state index contributed by atoms with van der Waals surface area (Å²) in [5.41, 5.74) is 1.60. The average molecular weight is 606 g/mol. The van der Waals surface area contributed by atoms with E-state index in [0.717, 1.165) is 40.2 Å². The number of anilines is 1. The average Bonchev–Trinajstić information content (AvgIpc) is 2.94. The number of sulfonamides is 1. The van der Waals surface area contributed by atoms with Crippen LogP contribution < -0.4 is 9.62 Å². The minimum Gasteiger partial charge on any atom is -0.354 e. The van der Waals surface area contributed by atoms with Gasteiger partial charge in [-0.15, -0.1) is 0 Å². The Labute approximate surface area is 245 Å². The highest BCUT2D eigenvalue weighted by Gasteiger charge is 2.30. The van der Waals surface area contributed by atoms with Crippen LogP contribution in [0.15, 0.2) is 72.8 Å². The maximum Gasteiger partial charge on any atom is 0.243 e. The van der Waals surface area contributed by atoms with Gasteiger partial charge in [0.1, 0.15) is 6.04 Å². The number of nitrogens with one attached hydrogen (secondary N) is 1. The SMILES string of the molecule is CCCNC(=O)C(Cc1ccccc1)N(Cc1ccc(Cl)cc1)C(=O)CCCN(c1ccc(F)c(F)c1)S(C)(=O)=O. The molecule has 0 saturated carbocycles. The van der Waals surface area contributed by atoms with E-state index in [1.807, 2.05) is 37.3 Å². The summed E-state index contributed by atoms with van der Waals surface area (Å²) in [4.78, 5) is 28.6. The van der Waals surface area contributed by atoms with Gasteiger partial charge in [0.15, 0.2) is 11.6 Å². The van der Waals surface area contributed by atoms with E-state index in [1.54, 1.807) is 24.3 Å². The van der Waals surface area contributed by atoms with Gasteiger partial charge in [-0.25, -0.2) is 17.2 Å². The van der Waals surface area contributed by atoms with Crippen molar-refractivity contribution in [2.45, 2.75) is 45.2 Å². The molecule has 2 amide bonds. The molecule has 0 heterocycles. The highest BCUT2D eigenvalue weighted by atomic mass is 35.5. The topological polar surface area (TPSA) is 86.8 Å². The van der Waals surface area contributed by atoms with Crippen LogP contribution in [0.2, 0.25) is 5.02 Å². The van der Waals surface area contributed by atoms with Gasteiger partial charge >= 0.3 is 0 Å². The Morgan fingerprint density at radius 3 is 2.24 bits per heavy atom.